The van der Waals surface area contributed by atoms with E-state index >= 15 is 0 Å². The Morgan fingerprint density at radius 3 is 1.00 bits per heavy atom. The Bertz CT molecular complexity index is 5100. The van der Waals surface area contributed by atoms with Crippen molar-refractivity contribution in [3.05, 3.63) is 265 Å². The van der Waals surface area contributed by atoms with Crippen molar-refractivity contribution in [1.29, 1.82) is 0 Å². The molecular weight excluding hydrogens is 1710 g/mol. The van der Waals surface area contributed by atoms with E-state index in [-0.39, 0.29) is 104 Å². The van der Waals surface area contributed by atoms with Crippen LogP contribution in [0.5, 0.6) is 5.75 Å². The Labute approximate surface area is 755 Å². The molecule has 26 heteroatoms. The van der Waals surface area contributed by atoms with Gasteiger partial charge in [0.15, 0.2) is 44.1 Å². The van der Waals surface area contributed by atoms with E-state index in [4.69, 9.17) is 24.1 Å². The van der Waals surface area contributed by atoms with Gasteiger partial charge in [0.2, 0.25) is 0 Å². The van der Waals surface area contributed by atoms with Crippen molar-refractivity contribution in [2.75, 3.05) is 37.1 Å². The van der Waals surface area contributed by atoms with Crippen molar-refractivity contribution < 1.29 is 91.7 Å². The summed E-state index contributed by atoms with van der Waals surface area (Å²) in [5.41, 5.74) is 4.51. The molecule has 2 saturated carbocycles. The summed E-state index contributed by atoms with van der Waals surface area (Å²) in [4.78, 5) is 69.2. The van der Waals surface area contributed by atoms with Gasteiger partial charge in [-0.15, -0.1) is 0 Å². The summed E-state index contributed by atoms with van der Waals surface area (Å²) >= 11 is 0. The van der Waals surface area contributed by atoms with E-state index in [1.165, 1.54) is 60.7 Å². The summed E-state index contributed by atoms with van der Waals surface area (Å²) in [7, 11) is -13.2. The minimum Gasteiger partial charge on any atom is -0.748 e. The van der Waals surface area contributed by atoms with E-state index in [2.05, 4.69) is 337 Å². The van der Waals surface area contributed by atoms with Crippen molar-refractivity contribution in [2.24, 2.45) is 23.7 Å². The first kappa shape index (κ1) is 102. The van der Waals surface area contributed by atoms with Gasteiger partial charge >= 0.3 is 23.9 Å². The van der Waals surface area contributed by atoms with E-state index in [0.29, 0.717) is 32.1 Å². The van der Waals surface area contributed by atoms with Gasteiger partial charge in [0.25, 0.3) is 0 Å². The highest BCUT2D eigenvalue weighted by Gasteiger charge is 2.46. The first-order chi connectivity index (χ1) is 59.4. The number of carboxylic acids is 1. The zero-order valence-electron chi connectivity index (χ0n) is 74.2. The molecule has 9 aromatic rings. The molecule has 678 valence electrons. The average molecular weight is 1840 g/mol. The molecular formula is C100H122O20S6. The summed E-state index contributed by atoms with van der Waals surface area (Å²) in [5.74, 6) is -6.21. The van der Waals surface area contributed by atoms with Crippen LogP contribution in [0.15, 0.2) is 293 Å². The van der Waals surface area contributed by atoms with Gasteiger partial charge in [0, 0.05) is 12.2 Å². The molecule has 9 aromatic carbocycles. The molecule has 2 aliphatic carbocycles. The first-order valence-electron chi connectivity index (χ1n) is 42.7. The molecule has 4 aliphatic rings. The number of carbonyl (C=O) groups is 5. The molecule has 2 heterocycles. The summed E-state index contributed by atoms with van der Waals surface area (Å²) < 4.78 is 118. The number of carboxylic acid groups (broad SMARTS) is 1. The number of fused-ring (bicyclic) bond motifs is 2. The van der Waals surface area contributed by atoms with Crippen LogP contribution in [0.1, 0.15) is 183 Å². The summed E-state index contributed by atoms with van der Waals surface area (Å²) in [6.45, 7) is 25.8. The fourth-order valence-electron chi connectivity index (χ4n) is 14.5. The maximum absolute atomic E-state index is 11.8. The molecule has 2 bridgehead atoms. The van der Waals surface area contributed by atoms with Crippen LogP contribution < -0.4 is 4.74 Å². The van der Waals surface area contributed by atoms with Crippen LogP contribution >= 0.6 is 0 Å². The highest BCUT2D eigenvalue weighted by molar-refractivity contribution is 7.97. The Morgan fingerprint density at radius 1 is 0.373 bits per heavy atom. The van der Waals surface area contributed by atoms with Crippen molar-refractivity contribution in [2.45, 2.75) is 245 Å². The van der Waals surface area contributed by atoms with Crippen LogP contribution in [0.2, 0.25) is 0 Å². The molecule has 20 nitrogen and oxygen atoms in total. The molecule has 0 radical (unpaired) electrons. The van der Waals surface area contributed by atoms with Gasteiger partial charge in [0.05, 0.1) is 111 Å². The normalized spacial score (nSPS) is 17.6. The highest BCUT2D eigenvalue weighted by Crippen LogP contribution is 2.41. The summed E-state index contributed by atoms with van der Waals surface area (Å²) in [6, 6.07) is 89.9. The third-order valence-corrected chi connectivity index (χ3v) is 29.9. The largest absolute Gasteiger partial charge is 0.748 e. The lowest BCUT2D eigenvalue weighted by atomic mass is 9.79. The Balaban J connectivity index is 0.000000189. The van der Waals surface area contributed by atoms with Crippen LogP contribution in [0, 0.1) is 23.7 Å². The predicted octanol–water partition coefficient (Wildman–Crippen LogP) is 19.6. The quantitative estimate of drug-likeness (QED) is 0.0139. The monoisotopic (exact) mass is 1830 g/mol. The van der Waals surface area contributed by atoms with E-state index < -0.39 is 95.9 Å². The highest BCUT2D eigenvalue weighted by atomic mass is 32.2. The van der Waals surface area contributed by atoms with Gasteiger partial charge < -0.3 is 42.4 Å². The van der Waals surface area contributed by atoms with E-state index in [9.17, 15) is 62.9 Å². The zero-order valence-corrected chi connectivity index (χ0v) is 79.1. The molecule has 0 amide bonds. The Kier molecular flexibility index (Phi) is 39.0. The maximum Gasteiger partial charge on any atom is 0.316 e. The van der Waals surface area contributed by atoms with Gasteiger partial charge in [-0.2, -0.15) is 0 Å². The lowest BCUT2D eigenvalue weighted by molar-refractivity contribution is -0.159. The number of ketones is 1. The Hall–Kier alpha value is -8.93. The lowest BCUT2D eigenvalue weighted by Gasteiger charge is -2.26. The number of esters is 3. The van der Waals surface area contributed by atoms with Crippen LogP contribution in [-0.4, -0.2) is 129 Å². The molecule has 2 aliphatic heterocycles. The number of unbranched alkanes of at least 4 members (excludes halogenated alkanes) is 1. The fraction of sp³-hybridized carbons (Fsp3) is 0.410. The van der Waals surface area contributed by atoms with Crippen LogP contribution in [0.3, 0.4) is 0 Å². The number of benzene rings is 9. The summed E-state index contributed by atoms with van der Waals surface area (Å²) in [6.07, 6.45) is 7.89. The van der Waals surface area contributed by atoms with Gasteiger partial charge in [0.1, 0.15) is 36.3 Å². The second-order valence-electron chi connectivity index (χ2n) is 35.3. The minimum absolute atomic E-state index is 0.0111. The third kappa shape index (κ3) is 34.6. The second kappa shape index (κ2) is 47.9. The maximum atomic E-state index is 11.8. The third-order valence-electron chi connectivity index (χ3n) is 21.1. The number of hydrogen-bond donors (Lipinski definition) is 1. The number of aliphatic carboxylic acids is 1. The minimum atomic E-state index is -4.38. The molecule has 13 rings (SSSR count). The molecule has 1 N–H and O–H groups in total. The molecule has 126 heavy (non-hydrogen) atoms. The van der Waals surface area contributed by atoms with Crippen molar-refractivity contribution in [1.82, 2.24) is 0 Å². The molecule has 6 unspecified atom stereocenters. The SMILES string of the molecule is CC(C)(C)Oc1ccc([S+](c2ccccc2)c2ccccc2)cc1.CC(C)(C)c1ccc([S+](c2ccccc2)c2ccc(C(C)(C)C)cc2)cc1.CC(C)(C)c1ccc([S+](c2ccccc2)c2ccccc2)cc1.O=C(O)C1CCCCC1C(=O)OCCCCS(=O)(=O)[O-].O=C(OCCS(=O)(=O)[O-])C1CC2CCC1O2.O=C1CCCCC1C(=O)OCCS(=O)(=O)[O-]. The average Bonchev–Trinajstić information content (AvgIpc) is 1.10. The van der Waals surface area contributed by atoms with Gasteiger partial charge in [-0.05, 0) is 233 Å². The fourth-order valence-corrected chi connectivity index (χ4v) is 21.8. The smallest absolute Gasteiger partial charge is 0.316 e. The van der Waals surface area contributed by atoms with Gasteiger partial charge in [-0.1, -0.05) is 209 Å². The van der Waals surface area contributed by atoms with Crippen LogP contribution in [-0.2, 0) is 122 Å². The van der Waals surface area contributed by atoms with Crippen molar-refractivity contribution >= 4 is 92.7 Å². The van der Waals surface area contributed by atoms with Crippen molar-refractivity contribution in [3.8, 4) is 5.75 Å². The first-order valence-corrected chi connectivity index (χ1v) is 51.1. The van der Waals surface area contributed by atoms with Crippen LogP contribution in [0.4, 0.5) is 0 Å². The number of ether oxygens (including phenoxy) is 5. The standard InChI is InChI=1S/C26H31S.C22H23OS.C22H23S.C12H20O7S.2C9H14O6S/c1-25(2,3)20-12-16-23(17-13-20)27(22-10-8-7-9-11-22)24-18-14-21(15-19-24)26(4,5)6;1-22(2,3)23-18-14-16-21(17-15-18)24(19-10-6-4-7-11-19)20-12-8-5-9-13-20;1-22(2,3)18-14-16-21(17-15-18)23(19-10-6-4-7-11-19)20-12-8-5-9-13-20;13-11(14)9-5-1-2-6-10(9)12(15)19-7-3-4-8-20(16,17)18;10-9(14-3-4-16(11,12)13)7-5-6-1-2-8(7)15-6;10-8-4-2-1-3-7(8)9(11)15-5-6-16(12,13)14/h7-19H,1-6H3;4-17H,1-3H3;4-17H,1-3H3;9-10H,1-8H2,(H,13,14)(H,16,17,18);6-8H,1-5H2,(H,11,12,13);7H,1-6H2,(H,12,13,14)/q3*+1;;;/p-3. The Morgan fingerprint density at radius 2 is 0.690 bits per heavy atom. The molecule has 4 fully saturated rings. The van der Waals surface area contributed by atoms with E-state index in [1.54, 1.807) is 0 Å². The lowest BCUT2D eigenvalue weighted by Crippen LogP contribution is -2.34. The number of Topliss-reactive ketones (excluding diaryl/α,β-unsaturated/α-hetero) is 1. The molecule has 6 atom stereocenters. The zero-order chi connectivity index (χ0) is 92.1. The number of hydrogen-bond acceptors (Lipinski definition) is 19. The molecule has 0 aromatic heterocycles. The van der Waals surface area contributed by atoms with E-state index in [0.717, 1.165) is 44.3 Å². The second-order valence-corrected chi connectivity index (χ2v) is 46.0. The van der Waals surface area contributed by atoms with Crippen molar-refractivity contribution in [3.63, 3.8) is 0 Å². The molecule has 0 spiro atoms. The van der Waals surface area contributed by atoms with E-state index in [1.807, 2.05) is 0 Å². The number of carbonyl (C=O) groups excluding carboxylic acids is 4. The molecule has 2 saturated heterocycles. The van der Waals surface area contributed by atoms with Gasteiger partial charge in [-0.3, -0.25) is 24.0 Å². The topological polar surface area (TPSA) is 323 Å². The number of rotatable bonds is 25. The summed E-state index contributed by atoms with van der Waals surface area (Å²) in [5, 5.41) is 9.05. The predicted molar refractivity (Wildman–Crippen MR) is 493 cm³/mol. The van der Waals surface area contributed by atoms with Crippen LogP contribution in [0.25, 0.3) is 0 Å². The van der Waals surface area contributed by atoms with Gasteiger partial charge in [-0.25, -0.2) is 25.3 Å².